The number of nitrogens with one attached hydrogen (secondary N) is 1. The predicted octanol–water partition coefficient (Wildman–Crippen LogP) is 4.56. The van der Waals surface area contributed by atoms with Crippen LogP contribution in [0.1, 0.15) is 54.2 Å². The van der Waals surface area contributed by atoms with Gasteiger partial charge < -0.3 is 5.32 Å². The van der Waals surface area contributed by atoms with Crippen LogP contribution < -0.4 is 5.32 Å². The van der Waals surface area contributed by atoms with E-state index >= 15 is 0 Å². The van der Waals surface area contributed by atoms with Crippen molar-refractivity contribution in [3.05, 3.63) is 64.2 Å². The summed E-state index contributed by atoms with van der Waals surface area (Å²) in [5.41, 5.74) is 2.39. The van der Waals surface area contributed by atoms with Crippen molar-refractivity contribution in [3.63, 3.8) is 0 Å². The van der Waals surface area contributed by atoms with Gasteiger partial charge in [-0.3, -0.25) is 4.79 Å². The SMILES string of the molecule is CCN(CC)S(=O)(=O)c1ccc(Cl)c(C(=O)NC(c2ccc(C)cc2)C2CC2)c1. The molecule has 0 spiro atoms. The zero-order valence-electron chi connectivity index (χ0n) is 17.0. The Labute approximate surface area is 178 Å². The number of carbonyl (C=O) groups is 1. The first kappa shape index (κ1) is 21.8. The van der Waals surface area contributed by atoms with Crippen LogP contribution in [0.4, 0.5) is 0 Å². The summed E-state index contributed by atoms with van der Waals surface area (Å²) >= 11 is 6.26. The van der Waals surface area contributed by atoms with Gasteiger partial charge in [-0.15, -0.1) is 0 Å². The lowest BCUT2D eigenvalue weighted by molar-refractivity contribution is 0.0931. The maximum Gasteiger partial charge on any atom is 0.253 e. The van der Waals surface area contributed by atoms with E-state index in [4.69, 9.17) is 11.6 Å². The van der Waals surface area contributed by atoms with Crippen molar-refractivity contribution < 1.29 is 13.2 Å². The van der Waals surface area contributed by atoms with E-state index in [2.05, 4.69) is 5.32 Å². The molecule has 156 valence electrons. The van der Waals surface area contributed by atoms with Gasteiger partial charge in [0.25, 0.3) is 5.91 Å². The predicted molar refractivity (Wildman–Crippen MR) is 116 cm³/mol. The van der Waals surface area contributed by atoms with E-state index < -0.39 is 10.0 Å². The summed E-state index contributed by atoms with van der Waals surface area (Å²) in [6.45, 7) is 6.31. The first-order valence-electron chi connectivity index (χ1n) is 9.95. The van der Waals surface area contributed by atoms with Crippen LogP contribution in [0.5, 0.6) is 0 Å². The first-order valence-corrected chi connectivity index (χ1v) is 11.8. The average molecular weight is 435 g/mol. The molecular formula is C22H27ClN2O3S. The van der Waals surface area contributed by atoms with Gasteiger partial charge in [0, 0.05) is 13.1 Å². The van der Waals surface area contributed by atoms with Gasteiger partial charge in [0.05, 0.1) is 21.5 Å². The Morgan fingerprint density at radius 2 is 1.76 bits per heavy atom. The third-order valence-corrected chi connectivity index (χ3v) is 7.72. The quantitative estimate of drug-likeness (QED) is 0.662. The second-order valence-electron chi connectivity index (χ2n) is 7.43. The second-order valence-corrected chi connectivity index (χ2v) is 9.78. The van der Waals surface area contributed by atoms with Crippen LogP contribution in [0, 0.1) is 12.8 Å². The summed E-state index contributed by atoms with van der Waals surface area (Å²) < 4.78 is 27.0. The smallest absolute Gasteiger partial charge is 0.253 e. The second kappa shape index (κ2) is 8.86. The topological polar surface area (TPSA) is 66.5 Å². The fraction of sp³-hybridized carbons (Fsp3) is 0.409. The number of carbonyl (C=O) groups excluding carboxylic acids is 1. The van der Waals surface area contributed by atoms with Crippen LogP contribution >= 0.6 is 11.6 Å². The molecule has 1 unspecified atom stereocenters. The lowest BCUT2D eigenvalue weighted by Crippen LogP contribution is -2.32. The van der Waals surface area contributed by atoms with Gasteiger partial charge in [-0.1, -0.05) is 55.3 Å². The number of benzene rings is 2. The van der Waals surface area contributed by atoms with Crippen LogP contribution in [0.25, 0.3) is 0 Å². The van der Waals surface area contributed by atoms with Crippen LogP contribution in [-0.2, 0) is 10.0 Å². The first-order chi connectivity index (χ1) is 13.8. The molecule has 1 aliphatic carbocycles. The van der Waals surface area contributed by atoms with Crippen molar-refractivity contribution in [2.75, 3.05) is 13.1 Å². The zero-order chi connectivity index (χ0) is 21.2. The molecule has 1 N–H and O–H groups in total. The van der Waals surface area contributed by atoms with Crippen LogP contribution in [0.2, 0.25) is 5.02 Å². The van der Waals surface area contributed by atoms with Crippen molar-refractivity contribution in [1.29, 1.82) is 0 Å². The molecule has 5 nitrogen and oxygen atoms in total. The largest absolute Gasteiger partial charge is 0.345 e. The molecule has 0 aliphatic heterocycles. The highest BCUT2D eigenvalue weighted by Crippen LogP contribution is 2.41. The summed E-state index contributed by atoms with van der Waals surface area (Å²) in [6, 6.07) is 12.3. The molecule has 2 aromatic carbocycles. The van der Waals surface area contributed by atoms with Gasteiger partial charge >= 0.3 is 0 Å². The van der Waals surface area contributed by atoms with Crippen molar-refractivity contribution in [2.45, 2.75) is 44.6 Å². The molecule has 7 heteroatoms. The Morgan fingerprint density at radius 1 is 1.14 bits per heavy atom. The van der Waals surface area contributed by atoms with Crippen molar-refractivity contribution >= 4 is 27.5 Å². The van der Waals surface area contributed by atoms with Gasteiger partial charge in [-0.05, 0) is 49.4 Å². The van der Waals surface area contributed by atoms with Gasteiger partial charge in [-0.2, -0.15) is 4.31 Å². The molecule has 1 aliphatic rings. The Bertz CT molecular complexity index is 982. The van der Waals surface area contributed by atoms with Crippen molar-refractivity contribution in [1.82, 2.24) is 9.62 Å². The number of amides is 1. The summed E-state index contributed by atoms with van der Waals surface area (Å²) in [4.78, 5) is 13.1. The minimum Gasteiger partial charge on any atom is -0.345 e. The Morgan fingerprint density at radius 3 is 2.31 bits per heavy atom. The van der Waals surface area contributed by atoms with E-state index in [0.717, 1.165) is 24.0 Å². The van der Waals surface area contributed by atoms with Crippen molar-refractivity contribution in [2.24, 2.45) is 5.92 Å². The highest BCUT2D eigenvalue weighted by atomic mass is 35.5. The van der Waals surface area contributed by atoms with Gasteiger partial charge in [-0.25, -0.2) is 8.42 Å². The monoisotopic (exact) mass is 434 g/mol. The summed E-state index contributed by atoms with van der Waals surface area (Å²) in [5.74, 6) is 0.0343. The molecule has 1 fully saturated rings. The number of rotatable bonds is 8. The van der Waals surface area contributed by atoms with Crippen LogP contribution in [0.3, 0.4) is 0 Å². The average Bonchev–Trinajstić information content (AvgIpc) is 3.53. The third-order valence-electron chi connectivity index (χ3n) is 5.34. The number of nitrogens with zero attached hydrogens (tertiary/aromatic N) is 1. The lowest BCUT2D eigenvalue weighted by atomic mass is 10.0. The summed E-state index contributed by atoms with van der Waals surface area (Å²) in [6.07, 6.45) is 2.12. The molecule has 0 bridgehead atoms. The normalized spacial score (nSPS) is 15.3. The Balaban J connectivity index is 1.89. The molecule has 0 heterocycles. The molecule has 1 saturated carbocycles. The summed E-state index contributed by atoms with van der Waals surface area (Å²) in [5, 5.41) is 3.31. The molecule has 29 heavy (non-hydrogen) atoms. The Kier molecular flexibility index (Phi) is 6.66. The minimum absolute atomic E-state index is 0.0778. The number of aryl methyl sites for hydroxylation is 1. The molecule has 3 rings (SSSR count). The Hall–Kier alpha value is -1.89. The van der Waals surface area contributed by atoms with Gasteiger partial charge in [0.2, 0.25) is 10.0 Å². The van der Waals surface area contributed by atoms with E-state index in [1.807, 2.05) is 31.2 Å². The van der Waals surface area contributed by atoms with Gasteiger partial charge in [0.1, 0.15) is 0 Å². The van der Waals surface area contributed by atoms with E-state index in [9.17, 15) is 13.2 Å². The van der Waals surface area contributed by atoms with E-state index in [1.165, 1.54) is 22.5 Å². The zero-order valence-corrected chi connectivity index (χ0v) is 18.6. The van der Waals surface area contributed by atoms with Crippen LogP contribution in [-0.4, -0.2) is 31.7 Å². The van der Waals surface area contributed by atoms with E-state index in [0.29, 0.717) is 19.0 Å². The fourth-order valence-corrected chi connectivity index (χ4v) is 5.14. The van der Waals surface area contributed by atoms with E-state index in [-0.39, 0.29) is 27.4 Å². The maximum atomic E-state index is 13.0. The van der Waals surface area contributed by atoms with Gasteiger partial charge in [0.15, 0.2) is 0 Å². The molecule has 0 saturated heterocycles. The maximum absolute atomic E-state index is 13.0. The highest BCUT2D eigenvalue weighted by Gasteiger charge is 2.34. The standard InChI is InChI=1S/C22H27ClN2O3S/c1-4-25(5-2)29(27,28)18-12-13-20(23)19(14-18)22(26)24-21(17-10-11-17)16-8-6-15(3)7-9-16/h6-9,12-14,17,21H,4-5,10-11H2,1-3H3,(H,24,26). The molecular weight excluding hydrogens is 408 g/mol. The molecule has 2 aromatic rings. The van der Waals surface area contributed by atoms with E-state index in [1.54, 1.807) is 13.8 Å². The number of sulfonamides is 1. The molecule has 1 amide bonds. The molecule has 1 atom stereocenters. The summed E-state index contributed by atoms with van der Waals surface area (Å²) in [7, 11) is -3.67. The number of halogens is 1. The van der Waals surface area contributed by atoms with Crippen molar-refractivity contribution in [3.8, 4) is 0 Å². The molecule has 0 radical (unpaired) electrons. The number of hydrogen-bond donors (Lipinski definition) is 1. The third kappa shape index (κ3) is 4.82. The lowest BCUT2D eigenvalue weighted by Gasteiger charge is -2.21. The minimum atomic E-state index is -3.67. The molecule has 0 aromatic heterocycles. The highest BCUT2D eigenvalue weighted by molar-refractivity contribution is 7.89. The number of hydrogen-bond acceptors (Lipinski definition) is 3. The fourth-order valence-electron chi connectivity index (χ4n) is 3.45. The van der Waals surface area contributed by atoms with Crippen LogP contribution in [0.15, 0.2) is 47.4 Å².